The van der Waals surface area contributed by atoms with E-state index in [0.717, 1.165) is 27.9 Å². The number of aryl methyl sites for hydroxylation is 2. The highest BCUT2D eigenvalue weighted by atomic mass is 16.5. The molecule has 0 fully saturated rings. The lowest BCUT2D eigenvalue weighted by atomic mass is 10.0. The number of methoxy groups -OCH3 is 2. The Hall–Kier alpha value is -3.31. The van der Waals surface area contributed by atoms with E-state index in [-0.39, 0.29) is 5.91 Å². The Morgan fingerprint density at radius 2 is 1.71 bits per heavy atom. The van der Waals surface area contributed by atoms with Gasteiger partial charge in [0.2, 0.25) is 5.91 Å². The Labute approximate surface area is 184 Å². The topological polar surface area (TPSA) is 50.8 Å². The zero-order valence-corrected chi connectivity index (χ0v) is 18.8. The lowest BCUT2D eigenvalue weighted by Crippen LogP contribution is -2.34. The molecule has 0 aromatic heterocycles. The second-order valence-electron chi connectivity index (χ2n) is 7.69. The number of likely N-dealkylation sites (N-methyl/N-ethyl adjacent to an activating group) is 1. The standard InChI is InChI=1S/C26H30N2O3/c1-18-14-15-19(2)22(16-18)27-26(29)24(20-10-7-6-8-11-20)28(3)17-21-12-9-13-23(30-4)25(21)31-5/h6-16,24H,17H2,1-5H3,(H,27,29). The lowest BCUT2D eigenvalue weighted by molar-refractivity contribution is -0.121. The summed E-state index contributed by atoms with van der Waals surface area (Å²) in [7, 11) is 5.19. The van der Waals surface area contributed by atoms with Gasteiger partial charge in [0.1, 0.15) is 6.04 Å². The van der Waals surface area contributed by atoms with Gasteiger partial charge in [-0.25, -0.2) is 0 Å². The van der Waals surface area contributed by atoms with Crippen molar-refractivity contribution in [3.8, 4) is 11.5 Å². The van der Waals surface area contributed by atoms with Gasteiger partial charge in [0.05, 0.1) is 14.2 Å². The molecule has 1 atom stereocenters. The van der Waals surface area contributed by atoms with E-state index in [9.17, 15) is 4.79 Å². The van der Waals surface area contributed by atoms with Crippen LogP contribution in [0.15, 0.2) is 66.7 Å². The van der Waals surface area contributed by atoms with Crippen LogP contribution in [-0.4, -0.2) is 32.1 Å². The van der Waals surface area contributed by atoms with Gasteiger partial charge in [-0.1, -0.05) is 54.6 Å². The average Bonchev–Trinajstić information content (AvgIpc) is 2.77. The normalized spacial score (nSPS) is 11.8. The van der Waals surface area contributed by atoms with Crippen LogP contribution in [0.2, 0.25) is 0 Å². The summed E-state index contributed by atoms with van der Waals surface area (Å²) in [6, 6.07) is 21.2. The number of anilines is 1. The van der Waals surface area contributed by atoms with Gasteiger partial charge in [-0.3, -0.25) is 9.69 Å². The fourth-order valence-corrected chi connectivity index (χ4v) is 3.75. The molecule has 0 heterocycles. The highest BCUT2D eigenvalue weighted by molar-refractivity contribution is 5.96. The molecule has 3 rings (SSSR count). The summed E-state index contributed by atoms with van der Waals surface area (Å²) in [5.41, 5.74) is 4.84. The molecule has 0 radical (unpaired) electrons. The fraction of sp³-hybridized carbons (Fsp3) is 0.269. The van der Waals surface area contributed by atoms with E-state index in [4.69, 9.17) is 9.47 Å². The number of rotatable bonds is 8. The third-order valence-corrected chi connectivity index (χ3v) is 5.36. The van der Waals surface area contributed by atoms with Crippen molar-refractivity contribution < 1.29 is 14.3 Å². The lowest BCUT2D eigenvalue weighted by Gasteiger charge is -2.28. The van der Waals surface area contributed by atoms with Crippen LogP contribution in [0, 0.1) is 13.8 Å². The number of ether oxygens (including phenoxy) is 2. The molecule has 5 nitrogen and oxygen atoms in total. The van der Waals surface area contributed by atoms with Crippen LogP contribution >= 0.6 is 0 Å². The number of benzene rings is 3. The number of carbonyl (C=O) groups is 1. The van der Waals surface area contributed by atoms with Crippen molar-refractivity contribution in [2.75, 3.05) is 26.6 Å². The summed E-state index contributed by atoms with van der Waals surface area (Å²) in [6.45, 7) is 4.53. The van der Waals surface area contributed by atoms with Crippen LogP contribution in [-0.2, 0) is 11.3 Å². The summed E-state index contributed by atoms with van der Waals surface area (Å²) in [5.74, 6) is 1.27. The molecule has 0 aliphatic carbocycles. The average molecular weight is 419 g/mol. The van der Waals surface area contributed by atoms with Crippen LogP contribution < -0.4 is 14.8 Å². The SMILES string of the molecule is COc1cccc(CN(C)C(C(=O)Nc2cc(C)ccc2C)c2ccccc2)c1OC. The maximum Gasteiger partial charge on any atom is 0.246 e. The Morgan fingerprint density at radius 3 is 2.39 bits per heavy atom. The Kier molecular flexibility index (Phi) is 7.32. The molecule has 5 heteroatoms. The van der Waals surface area contributed by atoms with Crippen molar-refractivity contribution in [3.63, 3.8) is 0 Å². The zero-order valence-electron chi connectivity index (χ0n) is 18.8. The van der Waals surface area contributed by atoms with Crippen molar-refractivity contribution in [2.24, 2.45) is 0 Å². The number of nitrogens with one attached hydrogen (secondary N) is 1. The molecule has 0 saturated heterocycles. The number of nitrogens with zero attached hydrogens (tertiary/aromatic N) is 1. The van der Waals surface area contributed by atoms with Crippen LogP contribution in [0.4, 0.5) is 5.69 Å². The first-order chi connectivity index (χ1) is 14.9. The minimum atomic E-state index is -0.475. The minimum Gasteiger partial charge on any atom is -0.493 e. The van der Waals surface area contributed by atoms with Gasteiger partial charge < -0.3 is 14.8 Å². The van der Waals surface area contributed by atoms with Gasteiger partial charge in [-0.15, -0.1) is 0 Å². The van der Waals surface area contributed by atoms with E-state index < -0.39 is 6.04 Å². The Bertz CT molecular complexity index is 1030. The van der Waals surface area contributed by atoms with Gasteiger partial charge >= 0.3 is 0 Å². The molecule has 3 aromatic rings. The summed E-state index contributed by atoms with van der Waals surface area (Å²) in [4.78, 5) is 15.5. The van der Waals surface area contributed by atoms with Gasteiger partial charge in [-0.2, -0.15) is 0 Å². The van der Waals surface area contributed by atoms with E-state index in [1.54, 1.807) is 14.2 Å². The molecule has 31 heavy (non-hydrogen) atoms. The minimum absolute atomic E-state index is 0.0794. The molecular formula is C26H30N2O3. The van der Waals surface area contributed by atoms with E-state index in [1.807, 2.05) is 92.5 Å². The van der Waals surface area contributed by atoms with E-state index >= 15 is 0 Å². The number of carbonyl (C=O) groups excluding carboxylic acids is 1. The summed E-state index contributed by atoms with van der Waals surface area (Å²) >= 11 is 0. The highest BCUT2D eigenvalue weighted by Gasteiger charge is 2.27. The van der Waals surface area contributed by atoms with Gasteiger partial charge in [0.25, 0.3) is 0 Å². The number of amides is 1. The number of para-hydroxylation sites is 1. The molecule has 0 bridgehead atoms. The van der Waals surface area contributed by atoms with Crippen molar-refractivity contribution in [1.29, 1.82) is 0 Å². The van der Waals surface area contributed by atoms with Crippen LogP contribution in [0.25, 0.3) is 0 Å². The van der Waals surface area contributed by atoms with Crippen molar-refractivity contribution >= 4 is 11.6 Å². The van der Waals surface area contributed by atoms with Crippen LogP contribution in [0.3, 0.4) is 0 Å². The number of hydrogen-bond acceptors (Lipinski definition) is 4. The molecule has 162 valence electrons. The zero-order chi connectivity index (χ0) is 22.4. The monoisotopic (exact) mass is 418 g/mol. The van der Waals surface area contributed by atoms with Gasteiger partial charge in [0, 0.05) is 17.8 Å². The third-order valence-electron chi connectivity index (χ3n) is 5.36. The first kappa shape index (κ1) is 22.4. The Balaban J connectivity index is 1.93. The molecule has 1 amide bonds. The van der Waals surface area contributed by atoms with Gasteiger partial charge in [-0.05, 0) is 49.7 Å². The third kappa shape index (κ3) is 5.25. The molecule has 0 saturated carbocycles. The molecule has 0 aliphatic rings. The summed E-state index contributed by atoms with van der Waals surface area (Å²) in [6.07, 6.45) is 0. The van der Waals surface area contributed by atoms with Crippen molar-refractivity contribution in [3.05, 3.63) is 89.0 Å². The van der Waals surface area contributed by atoms with E-state index in [1.165, 1.54) is 0 Å². The quantitative estimate of drug-likeness (QED) is 0.551. The van der Waals surface area contributed by atoms with Crippen LogP contribution in [0.1, 0.15) is 28.3 Å². The molecule has 0 aliphatic heterocycles. The molecular weight excluding hydrogens is 388 g/mol. The highest BCUT2D eigenvalue weighted by Crippen LogP contribution is 2.33. The van der Waals surface area contributed by atoms with Crippen molar-refractivity contribution in [1.82, 2.24) is 4.90 Å². The predicted octanol–water partition coefficient (Wildman–Crippen LogP) is 5.13. The molecule has 1 unspecified atom stereocenters. The van der Waals surface area contributed by atoms with E-state index in [2.05, 4.69) is 5.32 Å². The molecule has 1 N–H and O–H groups in total. The predicted molar refractivity (Wildman–Crippen MR) is 125 cm³/mol. The maximum atomic E-state index is 13.5. The smallest absolute Gasteiger partial charge is 0.246 e. The molecule has 3 aromatic carbocycles. The first-order valence-electron chi connectivity index (χ1n) is 10.3. The van der Waals surface area contributed by atoms with Crippen molar-refractivity contribution in [2.45, 2.75) is 26.4 Å². The first-order valence-corrected chi connectivity index (χ1v) is 10.3. The fourth-order valence-electron chi connectivity index (χ4n) is 3.75. The second-order valence-corrected chi connectivity index (χ2v) is 7.69. The van der Waals surface area contributed by atoms with E-state index in [0.29, 0.717) is 18.0 Å². The largest absolute Gasteiger partial charge is 0.493 e. The summed E-state index contributed by atoms with van der Waals surface area (Å²) in [5, 5.41) is 3.13. The summed E-state index contributed by atoms with van der Waals surface area (Å²) < 4.78 is 11.0. The second kappa shape index (κ2) is 10.1. The number of hydrogen-bond donors (Lipinski definition) is 1. The van der Waals surface area contributed by atoms with Gasteiger partial charge in [0.15, 0.2) is 11.5 Å². The Morgan fingerprint density at radius 1 is 0.968 bits per heavy atom. The van der Waals surface area contributed by atoms with Crippen LogP contribution in [0.5, 0.6) is 11.5 Å². The molecule has 0 spiro atoms. The maximum absolute atomic E-state index is 13.5.